The van der Waals surface area contributed by atoms with Gasteiger partial charge in [0.1, 0.15) is 0 Å². The van der Waals surface area contributed by atoms with Crippen molar-refractivity contribution in [3.63, 3.8) is 0 Å². The molecule has 33 heavy (non-hydrogen) atoms. The summed E-state index contributed by atoms with van der Waals surface area (Å²) < 4.78 is 7.96. The molecule has 3 aliphatic rings. The van der Waals surface area contributed by atoms with Crippen LogP contribution in [-0.4, -0.2) is 55.5 Å². The van der Waals surface area contributed by atoms with Gasteiger partial charge < -0.3 is 20.5 Å². The maximum absolute atomic E-state index is 10.2. The molecule has 5 rings (SSSR count). The topological polar surface area (TPSA) is 102 Å². The van der Waals surface area contributed by atoms with Gasteiger partial charge in [-0.3, -0.25) is 4.68 Å². The minimum absolute atomic E-state index is 0.170. The van der Waals surface area contributed by atoms with Crippen molar-refractivity contribution in [3.8, 4) is 11.6 Å². The highest BCUT2D eigenvalue weighted by molar-refractivity contribution is 5.46. The average Bonchev–Trinajstić information content (AvgIpc) is 3.23. The SMILES string of the molecule is CC1=CC(c2cnc(N)c(Oc3cnn(C4CCC(C)(O)CC4)c3)n2)CC2=C1CCN(C)C2. The first-order chi connectivity index (χ1) is 15.8. The molecule has 1 unspecified atom stereocenters. The van der Waals surface area contributed by atoms with Gasteiger partial charge in [-0.1, -0.05) is 17.2 Å². The van der Waals surface area contributed by atoms with E-state index in [1.54, 1.807) is 12.4 Å². The summed E-state index contributed by atoms with van der Waals surface area (Å²) in [6.45, 7) is 6.23. The van der Waals surface area contributed by atoms with Crippen molar-refractivity contribution >= 4 is 5.82 Å². The summed E-state index contributed by atoms with van der Waals surface area (Å²) in [7, 11) is 2.18. The first-order valence-corrected chi connectivity index (χ1v) is 11.9. The molecule has 2 aliphatic carbocycles. The predicted molar refractivity (Wildman–Crippen MR) is 127 cm³/mol. The fourth-order valence-electron chi connectivity index (χ4n) is 5.38. The summed E-state index contributed by atoms with van der Waals surface area (Å²) in [5.41, 5.74) is 10.8. The number of hydrogen-bond acceptors (Lipinski definition) is 7. The van der Waals surface area contributed by atoms with E-state index in [0.29, 0.717) is 11.6 Å². The second kappa shape index (κ2) is 8.57. The molecule has 0 saturated heterocycles. The molecule has 3 N–H and O–H groups in total. The maximum Gasteiger partial charge on any atom is 0.263 e. The third-order valence-electron chi connectivity index (χ3n) is 7.39. The zero-order valence-corrected chi connectivity index (χ0v) is 19.8. The fourth-order valence-corrected chi connectivity index (χ4v) is 5.38. The van der Waals surface area contributed by atoms with Crippen LogP contribution in [0.5, 0.6) is 11.6 Å². The maximum atomic E-state index is 10.2. The number of nitrogen functional groups attached to an aromatic ring is 1. The van der Waals surface area contributed by atoms with Gasteiger partial charge in [0.2, 0.25) is 0 Å². The lowest BCUT2D eigenvalue weighted by molar-refractivity contribution is 0.00850. The Bertz CT molecular complexity index is 1090. The summed E-state index contributed by atoms with van der Waals surface area (Å²) in [6, 6.07) is 0.267. The number of allylic oxidation sites excluding steroid dienone is 2. The molecule has 1 aliphatic heterocycles. The molecule has 0 radical (unpaired) electrons. The number of nitrogens with two attached hydrogens (primary N) is 1. The Labute approximate surface area is 195 Å². The zero-order valence-electron chi connectivity index (χ0n) is 19.8. The van der Waals surface area contributed by atoms with Crippen molar-refractivity contribution in [1.82, 2.24) is 24.6 Å². The molecule has 0 amide bonds. The van der Waals surface area contributed by atoms with Gasteiger partial charge in [-0.05, 0) is 65.0 Å². The third kappa shape index (κ3) is 4.68. The standard InChI is InChI=1S/C25H34N6O2/c1-16-10-17(11-18-14-30(3)9-6-21(16)18)22-13-27-23(26)24(29-22)33-20-12-28-31(15-20)19-4-7-25(2,32)8-5-19/h10,12-13,15,17,19,32H,4-9,11,14H2,1-3H3,(H2,26,27). The summed E-state index contributed by atoms with van der Waals surface area (Å²) in [5.74, 6) is 1.36. The van der Waals surface area contributed by atoms with Crippen LogP contribution in [-0.2, 0) is 0 Å². The van der Waals surface area contributed by atoms with Crippen molar-refractivity contribution in [2.24, 2.45) is 0 Å². The van der Waals surface area contributed by atoms with Crippen LogP contribution in [0.15, 0.2) is 41.4 Å². The molecular weight excluding hydrogens is 416 g/mol. The van der Waals surface area contributed by atoms with E-state index < -0.39 is 5.60 Å². The summed E-state index contributed by atoms with van der Waals surface area (Å²) in [4.78, 5) is 11.5. The lowest BCUT2D eigenvalue weighted by Crippen LogP contribution is -2.31. The molecule has 0 aromatic carbocycles. The highest BCUT2D eigenvalue weighted by Crippen LogP contribution is 2.39. The third-order valence-corrected chi connectivity index (χ3v) is 7.39. The van der Waals surface area contributed by atoms with Crippen LogP contribution >= 0.6 is 0 Å². The van der Waals surface area contributed by atoms with Gasteiger partial charge in [0.25, 0.3) is 5.88 Å². The molecule has 0 spiro atoms. The number of nitrogens with zero attached hydrogens (tertiary/aromatic N) is 5. The summed E-state index contributed by atoms with van der Waals surface area (Å²) in [6.07, 6.45) is 13.1. The summed E-state index contributed by atoms with van der Waals surface area (Å²) >= 11 is 0. The molecule has 0 bridgehead atoms. The smallest absolute Gasteiger partial charge is 0.263 e. The Morgan fingerprint density at radius 3 is 2.82 bits per heavy atom. The normalized spacial score (nSPS) is 28.4. The van der Waals surface area contributed by atoms with Gasteiger partial charge >= 0.3 is 0 Å². The number of likely N-dealkylation sites (N-methyl/N-ethyl adjacent to an activating group) is 1. The Balaban J connectivity index is 1.31. The minimum atomic E-state index is -0.566. The number of hydrogen-bond donors (Lipinski definition) is 2. The van der Waals surface area contributed by atoms with E-state index in [1.807, 2.05) is 17.8 Å². The number of rotatable bonds is 4. The Morgan fingerprint density at radius 1 is 1.24 bits per heavy atom. The molecule has 3 heterocycles. The fraction of sp³-hybridized carbons (Fsp3) is 0.560. The van der Waals surface area contributed by atoms with E-state index in [9.17, 15) is 5.11 Å². The van der Waals surface area contributed by atoms with Gasteiger partial charge in [-0.2, -0.15) is 5.10 Å². The van der Waals surface area contributed by atoms with Crippen LogP contribution in [0.3, 0.4) is 0 Å². The van der Waals surface area contributed by atoms with E-state index in [4.69, 9.17) is 15.5 Å². The number of anilines is 1. The predicted octanol–water partition coefficient (Wildman–Crippen LogP) is 3.98. The van der Waals surface area contributed by atoms with E-state index in [0.717, 1.165) is 57.3 Å². The number of ether oxygens (including phenoxy) is 1. The Kier molecular flexibility index (Phi) is 5.74. The zero-order chi connectivity index (χ0) is 23.2. The van der Waals surface area contributed by atoms with Crippen LogP contribution in [0.25, 0.3) is 0 Å². The second-order valence-electron chi connectivity index (χ2n) is 10.2. The molecular formula is C25H34N6O2. The van der Waals surface area contributed by atoms with Gasteiger partial charge in [-0.25, -0.2) is 9.97 Å². The van der Waals surface area contributed by atoms with Crippen LogP contribution in [0.2, 0.25) is 0 Å². The monoisotopic (exact) mass is 450 g/mol. The summed E-state index contributed by atoms with van der Waals surface area (Å²) in [5, 5.41) is 14.7. The van der Waals surface area contributed by atoms with Crippen molar-refractivity contribution in [2.75, 3.05) is 25.9 Å². The van der Waals surface area contributed by atoms with Crippen LogP contribution in [0, 0.1) is 0 Å². The Morgan fingerprint density at radius 2 is 2.03 bits per heavy atom. The molecule has 2 aromatic rings. The largest absolute Gasteiger partial charge is 0.433 e. The number of aromatic nitrogens is 4. The lowest BCUT2D eigenvalue weighted by Gasteiger charge is -2.33. The van der Waals surface area contributed by atoms with E-state index in [-0.39, 0.29) is 17.8 Å². The molecule has 176 valence electrons. The van der Waals surface area contributed by atoms with Gasteiger partial charge in [0.05, 0.1) is 35.9 Å². The molecule has 1 fully saturated rings. The van der Waals surface area contributed by atoms with Gasteiger partial charge in [0.15, 0.2) is 11.6 Å². The first kappa shape index (κ1) is 22.1. The van der Waals surface area contributed by atoms with Crippen molar-refractivity contribution in [2.45, 2.75) is 69.9 Å². The van der Waals surface area contributed by atoms with Crippen molar-refractivity contribution in [1.29, 1.82) is 0 Å². The average molecular weight is 451 g/mol. The second-order valence-corrected chi connectivity index (χ2v) is 10.2. The van der Waals surface area contributed by atoms with E-state index in [2.05, 4.69) is 35.0 Å². The molecule has 2 aromatic heterocycles. The lowest BCUT2D eigenvalue weighted by atomic mass is 9.81. The van der Waals surface area contributed by atoms with Gasteiger partial charge in [-0.15, -0.1) is 0 Å². The van der Waals surface area contributed by atoms with Crippen molar-refractivity contribution in [3.05, 3.63) is 47.1 Å². The first-order valence-electron chi connectivity index (χ1n) is 11.9. The van der Waals surface area contributed by atoms with Crippen LogP contribution < -0.4 is 10.5 Å². The molecule has 1 saturated carbocycles. The van der Waals surface area contributed by atoms with Crippen molar-refractivity contribution < 1.29 is 9.84 Å². The molecule has 8 heteroatoms. The number of aliphatic hydroxyl groups is 1. The van der Waals surface area contributed by atoms with Crippen LogP contribution in [0.4, 0.5) is 5.82 Å². The highest BCUT2D eigenvalue weighted by Gasteiger charge is 2.30. The van der Waals surface area contributed by atoms with E-state index in [1.165, 1.54) is 16.7 Å². The van der Waals surface area contributed by atoms with E-state index >= 15 is 0 Å². The minimum Gasteiger partial charge on any atom is -0.433 e. The quantitative estimate of drug-likeness (QED) is 0.726. The highest BCUT2D eigenvalue weighted by atomic mass is 16.5. The Hall–Kier alpha value is -2.71. The molecule has 1 atom stereocenters. The molecule has 8 nitrogen and oxygen atoms in total. The van der Waals surface area contributed by atoms with Gasteiger partial charge in [0, 0.05) is 19.0 Å². The van der Waals surface area contributed by atoms with Crippen LogP contribution in [0.1, 0.15) is 70.0 Å².